The fourth-order valence-electron chi connectivity index (χ4n) is 2.06. The van der Waals surface area contributed by atoms with E-state index in [4.69, 9.17) is 0 Å². The summed E-state index contributed by atoms with van der Waals surface area (Å²) in [5, 5.41) is 4.28. The number of hydrogen-bond acceptors (Lipinski definition) is 3. The maximum Gasteiger partial charge on any atom is 0.328 e. The second-order valence-electron chi connectivity index (χ2n) is 3.86. The van der Waals surface area contributed by atoms with Crippen molar-refractivity contribution in [2.75, 3.05) is 0 Å². The van der Waals surface area contributed by atoms with E-state index in [1.165, 1.54) is 0 Å². The Kier molecular flexibility index (Phi) is 4.27. The molecule has 1 saturated heterocycles. The molecule has 6 heteroatoms. The van der Waals surface area contributed by atoms with Gasteiger partial charge >= 0.3 is 6.03 Å². The molecule has 1 aliphatic rings. The molecule has 2 N–H and O–H groups in total. The van der Waals surface area contributed by atoms with Gasteiger partial charge in [-0.1, -0.05) is 37.3 Å². The van der Waals surface area contributed by atoms with Crippen molar-refractivity contribution >= 4 is 17.8 Å². The van der Waals surface area contributed by atoms with Crippen LogP contribution in [-0.2, 0) is 32.1 Å². The Labute approximate surface area is 115 Å². The van der Waals surface area contributed by atoms with Crippen molar-refractivity contribution in [3.63, 3.8) is 0 Å². The zero-order valence-electron chi connectivity index (χ0n) is 9.67. The van der Waals surface area contributed by atoms with Crippen LogP contribution < -0.4 is 10.6 Å². The first-order valence-electron chi connectivity index (χ1n) is 5.33. The molecule has 4 amide bonds. The maximum atomic E-state index is 12.0. The van der Waals surface area contributed by atoms with Crippen LogP contribution in [0.5, 0.6) is 0 Å². The fourth-order valence-corrected chi connectivity index (χ4v) is 2.06. The minimum absolute atomic E-state index is 0. The van der Waals surface area contributed by atoms with Gasteiger partial charge in [-0.05, 0) is 12.0 Å². The van der Waals surface area contributed by atoms with E-state index in [-0.39, 0.29) is 17.1 Å². The van der Waals surface area contributed by atoms with Gasteiger partial charge in [0.2, 0.25) is 11.8 Å². The molecule has 1 aromatic carbocycles. The molecule has 0 aliphatic carbocycles. The van der Waals surface area contributed by atoms with E-state index < -0.39 is 23.3 Å². The summed E-state index contributed by atoms with van der Waals surface area (Å²) >= 11 is 0. The molecule has 0 spiro atoms. The molecule has 1 heterocycles. The van der Waals surface area contributed by atoms with Crippen LogP contribution in [0, 0.1) is 0 Å². The monoisotopic (exact) mass is 288 g/mol. The molecular formula is C12H12FeN2O3. The van der Waals surface area contributed by atoms with Crippen LogP contribution in [0.15, 0.2) is 30.3 Å². The Balaban J connectivity index is 0.00000162. The average molecular weight is 288 g/mol. The van der Waals surface area contributed by atoms with Crippen LogP contribution in [0.25, 0.3) is 0 Å². The summed E-state index contributed by atoms with van der Waals surface area (Å²) in [7, 11) is 0. The van der Waals surface area contributed by atoms with Crippen molar-refractivity contribution in [3.8, 4) is 0 Å². The van der Waals surface area contributed by atoms with Gasteiger partial charge in [-0.2, -0.15) is 0 Å². The van der Waals surface area contributed by atoms with Crippen LogP contribution in [0.4, 0.5) is 4.79 Å². The summed E-state index contributed by atoms with van der Waals surface area (Å²) in [6, 6.07) is 7.96. The van der Waals surface area contributed by atoms with Gasteiger partial charge in [-0.3, -0.25) is 20.2 Å². The average Bonchev–Trinajstić information content (AvgIpc) is 2.30. The Morgan fingerprint density at radius 3 is 1.94 bits per heavy atom. The number of amides is 4. The minimum atomic E-state index is -1.31. The van der Waals surface area contributed by atoms with E-state index in [1.54, 1.807) is 37.3 Å². The van der Waals surface area contributed by atoms with Gasteiger partial charge in [-0.15, -0.1) is 0 Å². The molecule has 0 unspecified atom stereocenters. The van der Waals surface area contributed by atoms with Gasteiger partial charge in [0, 0.05) is 17.1 Å². The van der Waals surface area contributed by atoms with Gasteiger partial charge in [0.05, 0.1) is 0 Å². The third-order valence-corrected chi connectivity index (χ3v) is 3.03. The zero-order chi connectivity index (χ0) is 12.5. The van der Waals surface area contributed by atoms with Crippen molar-refractivity contribution in [3.05, 3.63) is 35.9 Å². The molecule has 2 rings (SSSR count). The van der Waals surface area contributed by atoms with E-state index >= 15 is 0 Å². The largest absolute Gasteiger partial charge is 0.328 e. The van der Waals surface area contributed by atoms with Gasteiger partial charge in [0.15, 0.2) is 5.41 Å². The first-order valence-corrected chi connectivity index (χ1v) is 5.33. The van der Waals surface area contributed by atoms with Crippen molar-refractivity contribution in [1.29, 1.82) is 0 Å². The summed E-state index contributed by atoms with van der Waals surface area (Å²) in [5.41, 5.74) is -0.722. The maximum absolute atomic E-state index is 12.0. The molecule has 0 saturated carbocycles. The zero-order valence-corrected chi connectivity index (χ0v) is 10.8. The van der Waals surface area contributed by atoms with Gasteiger partial charge in [0.1, 0.15) is 0 Å². The van der Waals surface area contributed by atoms with Gasteiger partial charge in [0.25, 0.3) is 0 Å². The molecular weight excluding hydrogens is 276 g/mol. The molecule has 1 aliphatic heterocycles. The van der Waals surface area contributed by atoms with Crippen LogP contribution in [0.2, 0.25) is 0 Å². The van der Waals surface area contributed by atoms with E-state index in [1.807, 2.05) is 0 Å². The molecule has 96 valence electrons. The van der Waals surface area contributed by atoms with Crippen molar-refractivity contribution < 1.29 is 31.5 Å². The van der Waals surface area contributed by atoms with Crippen molar-refractivity contribution in [2.45, 2.75) is 18.8 Å². The Morgan fingerprint density at radius 1 is 1.00 bits per heavy atom. The normalized spacial score (nSPS) is 17.5. The molecule has 18 heavy (non-hydrogen) atoms. The molecule has 0 aromatic heterocycles. The van der Waals surface area contributed by atoms with Crippen LogP contribution in [-0.4, -0.2) is 17.8 Å². The number of urea groups is 1. The molecule has 0 radical (unpaired) electrons. The Bertz CT molecular complexity index is 467. The standard InChI is InChI=1S/C12H12N2O3.Fe/c1-2-12(8-6-4-3-5-7-8)9(15)13-11(17)14-10(12)16;/h3-7H,2H2,1H3,(H2,13,14,15,16,17);. The van der Waals surface area contributed by atoms with E-state index in [2.05, 4.69) is 10.6 Å². The van der Waals surface area contributed by atoms with Crippen LogP contribution in [0.1, 0.15) is 18.9 Å². The summed E-state index contributed by atoms with van der Waals surface area (Å²) in [6.07, 6.45) is 0.294. The summed E-state index contributed by atoms with van der Waals surface area (Å²) in [6.45, 7) is 1.74. The van der Waals surface area contributed by atoms with Gasteiger partial charge in [-0.25, -0.2) is 4.79 Å². The van der Waals surface area contributed by atoms with Crippen molar-refractivity contribution in [1.82, 2.24) is 10.6 Å². The summed E-state index contributed by atoms with van der Waals surface area (Å²) in [4.78, 5) is 35.0. The molecule has 0 bridgehead atoms. The van der Waals surface area contributed by atoms with Crippen LogP contribution in [0.3, 0.4) is 0 Å². The molecule has 1 fully saturated rings. The summed E-state index contributed by atoms with van der Waals surface area (Å²) < 4.78 is 0. The second kappa shape index (κ2) is 5.33. The van der Waals surface area contributed by atoms with Gasteiger partial charge < -0.3 is 0 Å². The molecule has 5 nitrogen and oxygen atoms in total. The number of benzene rings is 1. The van der Waals surface area contributed by atoms with E-state index in [9.17, 15) is 14.4 Å². The first kappa shape index (κ1) is 14.4. The quantitative estimate of drug-likeness (QED) is 0.621. The number of carbonyl (C=O) groups is 3. The first-order chi connectivity index (χ1) is 8.11. The Morgan fingerprint density at radius 2 is 1.50 bits per heavy atom. The number of hydrogen-bond donors (Lipinski definition) is 2. The predicted molar refractivity (Wildman–Crippen MR) is 60.1 cm³/mol. The number of rotatable bonds is 2. The number of carbonyl (C=O) groups excluding carboxylic acids is 3. The second-order valence-corrected chi connectivity index (χ2v) is 3.86. The smallest absolute Gasteiger partial charge is 0.277 e. The third kappa shape index (κ3) is 2.05. The van der Waals surface area contributed by atoms with E-state index in [0.717, 1.165) is 0 Å². The third-order valence-electron chi connectivity index (χ3n) is 3.03. The number of nitrogens with one attached hydrogen (secondary N) is 2. The fraction of sp³-hybridized carbons (Fsp3) is 0.250. The SMILES string of the molecule is CCC1(c2ccccc2)C(=O)NC(=O)NC1=O.[Fe]. The molecule has 1 aromatic rings. The summed E-state index contributed by atoms with van der Waals surface area (Å²) in [5.74, 6) is -1.14. The Hall–Kier alpha value is -1.65. The topological polar surface area (TPSA) is 75.3 Å². The molecule has 0 atom stereocenters. The number of imide groups is 2. The van der Waals surface area contributed by atoms with Crippen molar-refractivity contribution in [2.24, 2.45) is 0 Å². The van der Waals surface area contributed by atoms with E-state index in [0.29, 0.717) is 12.0 Å². The predicted octanol–water partition coefficient (Wildman–Crippen LogP) is 0.698. The van der Waals surface area contributed by atoms with Crippen LogP contribution >= 0.6 is 0 Å². The number of barbiturate groups is 1. The minimum Gasteiger partial charge on any atom is -0.277 e.